The summed E-state index contributed by atoms with van der Waals surface area (Å²) in [6.45, 7) is 66.8. The maximum atomic E-state index is 11.5. The molecule has 2 aliphatic rings. The van der Waals surface area contributed by atoms with Gasteiger partial charge in [-0.05, 0) is 255 Å². The zero-order chi connectivity index (χ0) is 95.7. The van der Waals surface area contributed by atoms with Gasteiger partial charge >= 0.3 is 5.97 Å². The van der Waals surface area contributed by atoms with E-state index in [4.69, 9.17) is 44.3 Å². The highest BCUT2D eigenvalue weighted by Crippen LogP contribution is 2.44. The number of fused-ring (bicyclic) bond motifs is 6. The van der Waals surface area contributed by atoms with Crippen molar-refractivity contribution in [2.45, 2.75) is 332 Å². The van der Waals surface area contributed by atoms with Crippen molar-refractivity contribution < 1.29 is 23.8 Å². The van der Waals surface area contributed by atoms with Crippen molar-refractivity contribution in [1.82, 2.24) is 0 Å². The SMILES string of the molecule is CC.CC.CC.CC.CC.CC.CC.CC.CCC(C)c1cc(C(=O)CO)cc(C(=O)OC)c1.CCC(C)c1ccc(Cl)c(Cl)c1.CCC(C)c1ccc(Cl)cc1.CCC(C)c1ccc2ccoc2c1.CCC(C)c1ccc2sccc2c1.CCC(C)c1cccc(Br)c1.CCC(C)c1cccc2c1C1C=CC=CC1N2.CCC(C)c1cccc2ccccc12. The number of ketones is 1. The minimum absolute atomic E-state index is 0.236. The summed E-state index contributed by atoms with van der Waals surface area (Å²) in [6.07, 6.45) is 19.9. The lowest BCUT2D eigenvalue weighted by molar-refractivity contribution is 0.0600. The summed E-state index contributed by atoms with van der Waals surface area (Å²) < 4.78 is 12.6. The quantitative estimate of drug-likeness (QED) is 0.0619. The van der Waals surface area contributed by atoms with Crippen LogP contribution in [0.3, 0.4) is 0 Å². The maximum Gasteiger partial charge on any atom is 0.337 e. The van der Waals surface area contributed by atoms with Crippen LogP contribution in [0.15, 0.2) is 239 Å². The molecule has 2 aromatic heterocycles. The lowest BCUT2D eigenvalue weighted by atomic mass is 9.84. The topological polar surface area (TPSA) is 88.8 Å². The zero-order valence-electron chi connectivity index (χ0n) is 83.6. The first-order valence-corrected chi connectivity index (χ1v) is 50.2. The number of esters is 1. The van der Waals surface area contributed by atoms with Crippen molar-refractivity contribution in [3.8, 4) is 0 Å². The van der Waals surface area contributed by atoms with Gasteiger partial charge in [0.05, 0.1) is 35.0 Å². The Bertz CT molecular complexity index is 4510. The summed E-state index contributed by atoms with van der Waals surface area (Å²) >= 11 is 22.7. The second-order valence-electron chi connectivity index (χ2n) is 28.9. The van der Waals surface area contributed by atoms with Crippen LogP contribution in [0, 0.1) is 0 Å². The Labute approximate surface area is 791 Å². The molecule has 3 heterocycles. The molecule has 0 saturated heterocycles. The number of thiophene rings is 1. The number of aliphatic hydroxyl groups is 1. The number of Topliss-reactive ketones (excluding diaryl/α,β-unsaturated/α-hetero) is 1. The minimum atomic E-state index is -0.565. The van der Waals surface area contributed by atoms with Crippen LogP contribution in [-0.4, -0.2) is 36.6 Å². The number of ether oxygens (including phenoxy) is 1. The molecule has 692 valence electrons. The van der Waals surface area contributed by atoms with Gasteiger partial charge < -0.3 is 19.6 Å². The van der Waals surface area contributed by atoms with Crippen molar-refractivity contribution in [1.29, 1.82) is 0 Å². The number of halogens is 4. The third-order valence-corrected chi connectivity index (χ3v) is 24.0. The molecule has 10 unspecified atom stereocenters. The number of benzene rings is 9. The van der Waals surface area contributed by atoms with E-state index < -0.39 is 18.4 Å². The van der Waals surface area contributed by atoms with Gasteiger partial charge in [0.1, 0.15) is 12.2 Å². The smallest absolute Gasteiger partial charge is 0.337 e. The van der Waals surface area contributed by atoms with E-state index in [1.165, 1.54) is 133 Å². The molecule has 10 atom stereocenters. The minimum Gasteiger partial charge on any atom is -0.465 e. The summed E-state index contributed by atoms with van der Waals surface area (Å²) in [4.78, 5) is 23.1. The molecule has 1 aliphatic heterocycles. The Morgan fingerprint density at radius 3 is 1.42 bits per heavy atom. The molecule has 0 spiro atoms. The Hall–Kier alpha value is -7.53. The molecule has 11 heteroatoms. The lowest BCUT2D eigenvalue weighted by Crippen LogP contribution is -2.18. The van der Waals surface area contributed by atoms with Gasteiger partial charge in [-0.25, -0.2) is 4.79 Å². The molecule has 9 aromatic carbocycles. The van der Waals surface area contributed by atoms with Crippen LogP contribution >= 0.6 is 62.1 Å². The molecule has 6 nitrogen and oxygen atoms in total. The van der Waals surface area contributed by atoms with Gasteiger partial charge in [0.15, 0.2) is 5.78 Å². The van der Waals surface area contributed by atoms with Crippen molar-refractivity contribution in [3.63, 3.8) is 0 Å². The Morgan fingerprint density at radius 2 is 0.880 bits per heavy atom. The van der Waals surface area contributed by atoms with Crippen molar-refractivity contribution in [2.24, 2.45) is 0 Å². The number of hydrogen-bond acceptors (Lipinski definition) is 7. The van der Waals surface area contributed by atoms with Gasteiger partial charge in [0, 0.05) is 36.8 Å². The first-order chi connectivity index (χ1) is 60.4. The third-order valence-electron chi connectivity index (χ3n) is 21.6. The van der Waals surface area contributed by atoms with Gasteiger partial charge in [-0.15, -0.1) is 11.3 Å². The van der Waals surface area contributed by atoms with E-state index >= 15 is 0 Å². The molecule has 2 N–H and O–H groups in total. The first kappa shape index (κ1) is 122. The van der Waals surface area contributed by atoms with Crippen LogP contribution in [0.2, 0.25) is 15.1 Å². The van der Waals surface area contributed by atoms with Crippen LogP contribution in [0.1, 0.15) is 397 Å². The van der Waals surface area contributed by atoms with E-state index in [1.807, 2.05) is 172 Å². The first-order valence-electron chi connectivity index (χ1n) is 47.4. The van der Waals surface area contributed by atoms with Crippen molar-refractivity contribution >= 4 is 111 Å². The number of anilines is 1. The van der Waals surface area contributed by atoms with Gasteiger partial charge in [0.2, 0.25) is 0 Å². The average Bonchev–Trinajstić information content (AvgIpc) is 1.63. The molecule has 125 heavy (non-hydrogen) atoms. The molecule has 11 aromatic rings. The van der Waals surface area contributed by atoms with E-state index in [2.05, 4.69) is 292 Å². The van der Waals surface area contributed by atoms with Gasteiger partial charge in [-0.1, -0.05) is 406 Å². The number of aliphatic hydroxyl groups excluding tert-OH is 1. The number of carbonyl (C=O) groups is 2. The van der Waals surface area contributed by atoms with Gasteiger partial charge in [-0.3, -0.25) is 4.79 Å². The largest absolute Gasteiger partial charge is 0.465 e. The molecular weight excluding hydrogens is 1680 g/mol. The van der Waals surface area contributed by atoms with Crippen molar-refractivity contribution in [2.75, 3.05) is 19.0 Å². The van der Waals surface area contributed by atoms with Crippen LogP contribution < -0.4 is 5.32 Å². The van der Waals surface area contributed by atoms with E-state index in [1.54, 1.807) is 18.4 Å². The van der Waals surface area contributed by atoms with E-state index in [-0.39, 0.29) is 5.92 Å². The molecule has 0 fully saturated rings. The molecule has 0 bridgehead atoms. The fraction of sp³-hybridized carbons (Fsp3) is 0.456. The molecule has 0 radical (unpaired) electrons. The highest BCUT2D eigenvalue weighted by Gasteiger charge is 2.32. The predicted octanol–water partition coefficient (Wildman–Crippen LogP) is 39.6. The standard InChI is InChI=1S/C16H19N.C14H18O4.C14H16.C12H14O.C12H14S.C10H13Br.C10H12Cl2.C10H13Cl.8C2H6/c1-3-11(2)12-8-6-10-15-16(12)13-7-4-5-9-14(13)17-15;1-4-9(2)10-5-11(13(16)8-15)7-12(6-10)14(17)18-3;1-3-11(2)13-10-6-8-12-7-4-5-9-14(12)13;1-3-9(2)11-5-4-10-6-7-13-12(10)8-11;1-3-9(2)10-4-5-12-11(8-10)6-7-13-12;1-3-8(2)9-5-4-6-10(11)7-9;1-3-7(2)8-4-5-9(11)10(12)6-8;1-3-8(2)9-4-6-10(11)7-5-9;8*1-2/h4-11,13-14,17H,3H2,1-2H3;5-7,9,15H,4,8H2,1-3H3;4-11H,3H2,1-2H3;2*4-9H,3H2,1-2H3;4-8H,3H2,1-2H3;4-7H,3H2,1-2H3;4-8H,3H2,1-2H3;8*1-2H3. The molecule has 13 rings (SSSR count). The summed E-state index contributed by atoms with van der Waals surface area (Å²) in [7, 11) is 1.30. The third kappa shape index (κ3) is 42.5. The predicted molar refractivity (Wildman–Crippen MR) is 569 cm³/mol. The number of nitrogens with one attached hydrogen (secondary N) is 1. The highest BCUT2D eigenvalue weighted by atomic mass is 79.9. The molecular formula is C114H167BrCl3NO5S. The summed E-state index contributed by atoms with van der Waals surface area (Å²) in [5.41, 5.74) is 15.3. The number of methoxy groups -OCH3 is 1. The highest BCUT2D eigenvalue weighted by molar-refractivity contribution is 9.10. The summed E-state index contributed by atoms with van der Waals surface area (Å²) in [5.74, 6) is 4.36. The maximum absolute atomic E-state index is 11.5. The lowest BCUT2D eigenvalue weighted by Gasteiger charge is -2.19. The summed E-state index contributed by atoms with van der Waals surface area (Å²) in [6, 6.07) is 67.1. The normalized spacial score (nSPS) is 13.5. The summed E-state index contributed by atoms with van der Waals surface area (Å²) in [5, 5.41) is 22.1. The fourth-order valence-corrected chi connectivity index (χ4v) is 14.3. The van der Waals surface area contributed by atoms with Gasteiger partial charge in [-0.2, -0.15) is 0 Å². The van der Waals surface area contributed by atoms with E-state index in [0.29, 0.717) is 74.6 Å². The fourth-order valence-electron chi connectivity index (χ4n) is 12.7. The van der Waals surface area contributed by atoms with Gasteiger partial charge in [0.25, 0.3) is 0 Å². The average molecular weight is 1850 g/mol. The van der Waals surface area contributed by atoms with E-state index in [0.717, 1.165) is 29.0 Å². The van der Waals surface area contributed by atoms with Crippen molar-refractivity contribution in [3.05, 3.63) is 311 Å². The van der Waals surface area contributed by atoms with Crippen LogP contribution in [0.25, 0.3) is 31.8 Å². The molecule has 0 amide bonds. The number of allylic oxidation sites excluding steroid dienone is 2. The Kier molecular flexibility index (Phi) is 71.4. The molecule has 1 aliphatic carbocycles. The number of carbonyl (C=O) groups excluding carboxylic acids is 2. The van der Waals surface area contributed by atoms with E-state index in [9.17, 15) is 9.59 Å². The zero-order valence-corrected chi connectivity index (χ0v) is 88.2. The number of furan rings is 1. The van der Waals surface area contributed by atoms with Crippen LogP contribution in [-0.2, 0) is 4.74 Å². The Balaban J connectivity index is -0.00000133. The number of rotatable bonds is 19. The molecule has 0 saturated carbocycles. The second-order valence-corrected chi connectivity index (χ2v) is 32.1. The Morgan fingerprint density at radius 1 is 0.424 bits per heavy atom. The van der Waals surface area contributed by atoms with Crippen LogP contribution in [0.4, 0.5) is 5.69 Å². The monoisotopic (exact) mass is 1850 g/mol. The number of hydrogen-bond donors (Lipinski definition) is 2. The second kappa shape index (κ2) is 73.4. The van der Waals surface area contributed by atoms with Crippen LogP contribution in [0.5, 0.6) is 0 Å².